The van der Waals surface area contributed by atoms with Gasteiger partial charge in [0.15, 0.2) is 0 Å². The minimum Gasteiger partial charge on any atom is -0.311 e. The van der Waals surface area contributed by atoms with Crippen molar-refractivity contribution in [2.75, 3.05) is 16.8 Å². The molecule has 7 heteroatoms. The molecule has 3 aromatic rings. The summed E-state index contributed by atoms with van der Waals surface area (Å²) in [5, 5.41) is 14.5. The average molecular weight is 395 g/mol. The van der Waals surface area contributed by atoms with Crippen LogP contribution in [0.1, 0.15) is 25.3 Å². The molecule has 1 N–H and O–H groups in total. The van der Waals surface area contributed by atoms with E-state index >= 15 is 0 Å². The largest absolute Gasteiger partial charge is 0.311 e. The number of nitrogens with zero attached hydrogens (tertiary/aromatic N) is 3. The van der Waals surface area contributed by atoms with Gasteiger partial charge in [0, 0.05) is 24.8 Å². The Morgan fingerprint density at radius 3 is 2.82 bits per heavy atom. The second-order valence-electron chi connectivity index (χ2n) is 7.49. The maximum absolute atomic E-state index is 12.7. The van der Waals surface area contributed by atoms with Gasteiger partial charge in [0.1, 0.15) is 5.01 Å². The van der Waals surface area contributed by atoms with Crippen LogP contribution in [0.15, 0.2) is 42.5 Å². The molecule has 144 valence electrons. The zero-order valence-electron chi connectivity index (χ0n) is 15.9. The lowest BCUT2D eigenvalue weighted by Crippen LogP contribution is -2.28. The molecule has 0 radical (unpaired) electrons. The van der Waals surface area contributed by atoms with E-state index in [4.69, 9.17) is 0 Å². The summed E-state index contributed by atoms with van der Waals surface area (Å²) in [7, 11) is 0. The standard InChI is InChI=1S/C21H22N4O2S/c1-13(2)10-18-23-24-21(28-18)22-20(27)15-11-19(26)25(12-15)17-9-5-7-14-6-3-4-8-16(14)17/h3-9,13,15H,10-12H2,1-2H3,(H,22,24,27). The molecule has 2 heterocycles. The Labute approximate surface area is 167 Å². The smallest absolute Gasteiger partial charge is 0.231 e. The maximum atomic E-state index is 12.7. The summed E-state index contributed by atoms with van der Waals surface area (Å²) in [5.74, 6) is -0.125. The highest BCUT2D eigenvalue weighted by molar-refractivity contribution is 7.15. The SMILES string of the molecule is CC(C)Cc1nnc(NC(=O)C2CC(=O)N(c3cccc4ccccc34)C2)s1. The van der Waals surface area contributed by atoms with Crippen LogP contribution in [0.3, 0.4) is 0 Å². The molecule has 6 nitrogen and oxygen atoms in total. The molecule has 1 atom stereocenters. The summed E-state index contributed by atoms with van der Waals surface area (Å²) in [6.45, 7) is 4.60. The second kappa shape index (κ2) is 7.67. The summed E-state index contributed by atoms with van der Waals surface area (Å²) in [6.07, 6.45) is 1.04. The van der Waals surface area contributed by atoms with Gasteiger partial charge in [-0.15, -0.1) is 10.2 Å². The molecular formula is C21H22N4O2S. The molecule has 0 spiro atoms. The predicted molar refractivity (Wildman–Crippen MR) is 111 cm³/mol. The number of carbonyl (C=O) groups is 2. The first-order valence-electron chi connectivity index (χ1n) is 9.42. The normalized spacial score (nSPS) is 16.9. The maximum Gasteiger partial charge on any atom is 0.231 e. The van der Waals surface area contributed by atoms with Crippen LogP contribution < -0.4 is 10.2 Å². The Hall–Kier alpha value is -2.80. The lowest BCUT2D eigenvalue weighted by Gasteiger charge is -2.18. The zero-order chi connectivity index (χ0) is 19.7. The average Bonchev–Trinajstić information content (AvgIpc) is 3.27. The van der Waals surface area contributed by atoms with Crippen molar-refractivity contribution in [2.45, 2.75) is 26.7 Å². The van der Waals surface area contributed by atoms with E-state index < -0.39 is 5.92 Å². The van der Waals surface area contributed by atoms with E-state index in [2.05, 4.69) is 29.4 Å². The van der Waals surface area contributed by atoms with Crippen molar-refractivity contribution in [1.29, 1.82) is 0 Å². The quantitative estimate of drug-likeness (QED) is 0.713. The molecule has 2 aromatic carbocycles. The lowest BCUT2D eigenvalue weighted by molar-refractivity contribution is -0.122. The first-order valence-corrected chi connectivity index (χ1v) is 10.2. The summed E-state index contributed by atoms with van der Waals surface area (Å²) in [4.78, 5) is 27.0. The Morgan fingerprint density at radius 1 is 1.21 bits per heavy atom. The molecule has 1 aliphatic rings. The number of benzene rings is 2. The van der Waals surface area contributed by atoms with Crippen LogP contribution in [0.4, 0.5) is 10.8 Å². The van der Waals surface area contributed by atoms with Crippen molar-refractivity contribution >= 4 is 44.7 Å². The number of nitrogens with one attached hydrogen (secondary N) is 1. The third kappa shape index (κ3) is 3.75. The van der Waals surface area contributed by atoms with Gasteiger partial charge in [-0.25, -0.2) is 0 Å². The molecule has 0 bridgehead atoms. The van der Waals surface area contributed by atoms with Crippen molar-refractivity contribution in [3.63, 3.8) is 0 Å². The third-order valence-electron chi connectivity index (χ3n) is 4.83. The van der Waals surface area contributed by atoms with Gasteiger partial charge in [0.25, 0.3) is 0 Å². The van der Waals surface area contributed by atoms with Crippen LogP contribution in [-0.4, -0.2) is 28.6 Å². The van der Waals surface area contributed by atoms with E-state index in [-0.39, 0.29) is 18.2 Å². The van der Waals surface area contributed by atoms with Crippen LogP contribution in [0.5, 0.6) is 0 Å². The van der Waals surface area contributed by atoms with E-state index in [1.54, 1.807) is 4.90 Å². The van der Waals surface area contributed by atoms with E-state index in [1.807, 2.05) is 42.5 Å². The molecular weight excluding hydrogens is 372 g/mol. The van der Waals surface area contributed by atoms with Crippen molar-refractivity contribution < 1.29 is 9.59 Å². The van der Waals surface area contributed by atoms with Crippen molar-refractivity contribution in [3.8, 4) is 0 Å². The zero-order valence-corrected chi connectivity index (χ0v) is 16.7. The van der Waals surface area contributed by atoms with Crippen molar-refractivity contribution in [3.05, 3.63) is 47.5 Å². The van der Waals surface area contributed by atoms with Gasteiger partial charge in [-0.2, -0.15) is 0 Å². The lowest BCUT2D eigenvalue weighted by atomic mass is 10.1. The molecule has 28 heavy (non-hydrogen) atoms. The van der Waals surface area contributed by atoms with Crippen molar-refractivity contribution in [2.24, 2.45) is 11.8 Å². The summed E-state index contributed by atoms with van der Waals surface area (Å²) < 4.78 is 0. The van der Waals surface area contributed by atoms with Crippen LogP contribution in [0.25, 0.3) is 10.8 Å². The molecule has 0 aliphatic carbocycles. The summed E-state index contributed by atoms with van der Waals surface area (Å²) >= 11 is 1.40. The fourth-order valence-electron chi connectivity index (χ4n) is 3.50. The van der Waals surface area contributed by atoms with Gasteiger partial charge in [0.05, 0.1) is 11.6 Å². The van der Waals surface area contributed by atoms with E-state index in [1.165, 1.54) is 11.3 Å². The van der Waals surface area contributed by atoms with Crippen LogP contribution in [0, 0.1) is 11.8 Å². The first kappa shape index (κ1) is 18.6. The highest BCUT2D eigenvalue weighted by atomic mass is 32.1. The number of anilines is 2. The summed E-state index contributed by atoms with van der Waals surface area (Å²) in [6, 6.07) is 13.9. The van der Waals surface area contributed by atoms with Crippen LogP contribution >= 0.6 is 11.3 Å². The minimum atomic E-state index is -0.399. The number of aromatic nitrogens is 2. The number of amides is 2. The molecule has 1 fully saturated rings. The van der Waals surface area contributed by atoms with Crippen LogP contribution in [-0.2, 0) is 16.0 Å². The Kier molecular flexibility index (Phi) is 5.09. The number of carbonyl (C=O) groups excluding carboxylic acids is 2. The highest BCUT2D eigenvalue weighted by Crippen LogP contribution is 2.32. The van der Waals surface area contributed by atoms with Gasteiger partial charge < -0.3 is 10.2 Å². The number of rotatable bonds is 5. The fraction of sp³-hybridized carbons (Fsp3) is 0.333. The Balaban J connectivity index is 1.48. The minimum absolute atomic E-state index is 0.0331. The summed E-state index contributed by atoms with van der Waals surface area (Å²) in [5.41, 5.74) is 0.855. The number of fused-ring (bicyclic) bond motifs is 1. The van der Waals surface area contributed by atoms with Gasteiger partial charge in [0.2, 0.25) is 16.9 Å². The van der Waals surface area contributed by atoms with Crippen LogP contribution in [0.2, 0.25) is 0 Å². The number of hydrogen-bond donors (Lipinski definition) is 1. The van der Waals surface area contributed by atoms with E-state index in [9.17, 15) is 9.59 Å². The second-order valence-corrected chi connectivity index (χ2v) is 8.55. The molecule has 1 aliphatic heterocycles. The van der Waals surface area contributed by atoms with Gasteiger partial charge in [-0.05, 0) is 17.4 Å². The predicted octanol–water partition coefficient (Wildman–Crippen LogP) is 3.88. The number of hydrogen-bond acceptors (Lipinski definition) is 5. The molecule has 1 aromatic heterocycles. The van der Waals surface area contributed by atoms with Gasteiger partial charge in [-0.3, -0.25) is 9.59 Å². The first-order chi connectivity index (χ1) is 13.5. The van der Waals surface area contributed by atoms with Gasteiger partial charge in [-0.1, -0.05) is 61.6 Å². The van der Waals surface area contributed by atoms with Gasteiger partial charge >= 0.3 is 0 Å². The van der Waals surface area contributed by atoms with E-state index in [0.29, 0.717) is 17.6 Å². The third-order valence-corrected chi connectivity index (χ3v) is 5.69. The molecule has 1 saturated heterocycles. The fourth-order valence-corrected chi connectivity index (χ4v) is 4.46. The molecule has 2 amide bonds. The monoisotopic (exact) mass is 394 g/mol. The van der Waals surface area contributed by atoms with E-state index in [0.717, 1.165) is 27.9 Å². The molecule has 1 unspecified atom stereocenters. The topological polar surface area (TPSA) is 75.2 Å². The van der Waals surface area contributed by atoms with Crippen molar-refractivity contribution in [1.82, 2.24) is 10.2 Å². The molecule has 4 rings (SSSR count). The Morgan fingerprint density at radius 2 is 2.00 bits per heavy atom. The highest BCUT2D eigenvalue weighted by Gasteiger charge is 2.36. The molecule has 0 saturated carbocycles. The Bertz CT molecular complexity index is 1020.